The summed E-state index contributed by atoms with van der Waals surface area (Å²) in [6.45, 7) is 1.54. The molecular formula is C10H11NO2. The van der Waals surface area contributed by atoms with Crippen LogP contribution in [0.4, 0.5) is 0 Å². The summed E-state index contributed by atoms with van der Waals surface area (Å²) in [5.41, 5.74) is -0.193. The van der Waals surface area contributed by atoms with Crippen LogP contribution in [0.25, 0.3) is 0 Å². The van der Waals surface area contributed by atoms with Gasteiger partial charge < -0.3 is 0 Å². The van der Waals surface area contributed by atoms with E-state index in [1.807, 2.05) is 36.4 Å². The predicted molar refractivity (Wildman–Crippen MR) is 47.9 cm³/mol. The maximum atomic E-state index is 8.71. The van der Waals surface area contributed by atoms with Crippen molar-refractivity contribution in [1.29, 1.82) is 5.26 Å². The Morgan fingerprint density at radius 2 is 2.08 bits per heavy atom. The second-order valence-corrected chi connectivity index (χ2v) is 3.10. The van der Waals surface area contributed by atoms with Crippen LogP contribution in [-0.2, 0) is 11.3 Å². The summed E-state index contributed by atoms with van der Waals surface area (Å²) in [6, 6.07) is 11.3. The van der Waals surface area contributed by atoms with Crippen LogP contribution in [0.5, 0.6) is 0 Å². The van der Waals surface area contributed by atoms with Crippen LogP contribution in [0.2, 0.25) is 0 Å². The molecule has 0 amide bonds. The highest BCUT2D eigenvalue weighted by Crippen LogP contribution is 2.15. The normalized spacial score (nSPS) is 14.5. The molecule has 1 N–H and O–H groups in total. The van der Waals surface area contributed by atoms with Gasteiger partial charge in [0.15, 0.2) is 5.60 Å². The maximum absolute atomic E-state index is 8.71. The third-order valence-corrected chi connectivity index (χ3v) is 1.82. The number of hydrogen-bond donors (Lipinski definition) is 1. The van der Waals surface area contributed by atoms with Crippen molar-refractivity contribution in [1.82, 2.24) is 0 Å². The van der Waals surface area contributed by atoms with E-state index in [1.165, 1.54) is 0 Å². The van der Waals surface area contributed by atoms with Gasteiger partial charge in [0, 0.05) is 6.42 Å². The number of rotatable bonds is 3. The predicted octanol–water partition coefficient (Wildman–Crippen LogP) is 2.00. The van der Waals surface area contributed by atoms with E-state index in [0.29, 0.717) is 6.42 Å². The summed E-state index contributed by atoms with van der Waals surface area (Å²) in [5.74, 6) is 0. The molecule has 0 aromatic heterocycles. The molecule has 0 heterocycles. The highest BCUT2D eigenvalue weighted by molar-refractivity contribution is 5.19. The van der Waals surface area contributed by atoms with Gasteiger partial charge in [0.2, 0.25) is 0 Å². The van der Waals surface area contributed by atoms with E-state index >= 15 is 0 Å². The van der Waals surface area contributed by atoms with Crippen molar-refractivity contribution < 1.29 is 10.1 Å². The average molecular weight is 177 g/mol. The molecule has 1 rings (SSSR count). The molecule has 0 aliphatic heterocycles. The summed E-state index contributed by atoms with van der Waals surface area (Å²) in [5, 5.41) is 17.2. The van der Waals surface area contributed by atoms with Crippen molar-refractivity contribution in [3.63, 3.8) is 0 Å². The van der Waals surface area contributed by atoms with E-state index in [1.54, 1.807) is 6.92 Å². The first-order valence-corrected chi connectivity index (χ1v) is 3.98. The molecule has 0 saturated heterocycles. The van der Waals surface area contributed by atoms with Crippen LogP contribution >= 0.6 is 0 Å². The van der Waals surface area contributed by atoms with E-state index in [2.05, 4.69) is 4.89 Å². The fraction of sp³-hybridized carbons (Fsp3) is 0.300. The van der Waals surface area contributed by atoms with Gasteiger partial charge in [-0.1, -0.05) is 30.3 Å². The third-order valence-electron chi connectivity index (χ3n) is 1.82. The van der Waals surface area contributed by atoms with Crippen LogP contribution in [0.1, 0.15) is 12.5 Å². The molecule has 13 heavy (non-hydrogen) atoms. The summed E-state index contributed by atoms with van der Waals surface area (Å²) in [4.78, 5) is 4.13. The smallest absolute Gasteiger partial charge is 0.190 e. The topological polar surface area (TPSA) is 53.2 Å². The van der Waals surface area contributed by atoms with Crippen molar-refractivity contribution in [2.75, 3.05) is 0 Å². The molecule has 1 atom stereocenters. The van der Waals surface area contributed by atoms with E-state index < -0.39 is 5.60 Å². The summed E-state index contributed by atoms with van der Waals surface area (Å²) in [7, 11) is 0. The Morgan fingerprint density at radius 3 is 2.54 bits per heavy atom. The first kappa shape index (κ1) is 9.72. The zero-order chi connectivity index (χ0) is 9.73. The van der Waals surface area contributed by atoms with Gasteiger partial charge in [-0.2, -0.15) is 5.26 Å². The lowest BCUT2D eigenvalue weighted by molar-refractivity contribution is -0.299. The Kier molecular flexibility index (Phi) is 3.02. The SMILES string of the molecule is CC(C#N)(Cc1ccccc1)OO. The van der Waals surface area contributed by atoms with Crippen LogP contribution in [-0.4, -0.2) is 10.9 Å². The number of nitriles is 1. The molecule has 0 radical (unpaired) electrons. The number of nitrogens with zero attached hydrogens (tertiary/aromatic N) is 1. The van der Waals surface area contributed by atoms with E-state index in [-0.39, 0.29) is 0 Å². The summed E-state index contributed by atoms with van der Waals surface area (Å²) >= 11 is 0. The molecule has 0 spiro atoms. The molecule has 1 unspecified atom stereocenters. The molecule has 1 aromatic carbocycles. The van der Waals surface area contributed by atoms with Gasteiger partial charge in [0.05, 0.1) is 0 Å². The number of hydrogen-bond acceptors (Lipinski definition) is 3. The number of benzene rings is 1. The van der Waals surface area contributed by atoms with Gasteiger partial charge in [0.25, 0.3) is 0 Å². The monoisotopic (exact) mass is 177 g/mol. The summed E-state index contributed by atoms with van der Waals surface area (Å²) < 4.78 is 0. The highest BCUT2D eigenvalue weighted by atomic mass is 17.1. The molecule has 68 valence electrons. The van der Waals surface area contributed by atoms with Gasteiger partial charge in [-0.05, 0) is 12.5 Å². The lowest BCUT2D eigenvalue weighted by Crippen LogP contribution is -2.27. The third kappa shape index (κ3) is 2.55. The second kappa shape index (κ2) is 4.04. The minimum atomic E-state index is -1.15. The largest absolute Gasteiger partial charge is 0.250 e. The minimum absolute atomic E-state index is 0.376. The molecular weight excluding hydrogens is 166 g/mol. The second-order valence-electron chi connectivity index (χ2n) is 3.10. The molecule has 1 aromatic rings. The van der Waals surface area contributed by atoms with Crippen LogP contribution < -0.4 is 0 Å². The highest BCUT2D eigenvalue weighted by Gasteiger charge is 2.25. The fourth-order valence-corrected chi connectivity index (χ4v) is 1.08. The molecule has 0 aliphatic carbocycles. The van der Waals surface area contributed by atoms with Gasteiger partial charge in [-0.3, -0.25) is 5.26 Å². The molecule has 0 fully saturated rings. The van der Waals surface area contributed by atoms with Crippen molar-refractivity contribution in [3.8, 4) is 6.07 Å². The van der Waals surface area contributed by atoms with Gasteiger partial charge in [-0.25, -0.2) is 4.89 Å². The van der Waals surface area contributed by atoms with Crippen molar-refractivity contribution in [2.24, 2.45) is 0 Å². The fourth-order valence-electron chi connectivity index (χ4n) is 1.08. The average Bonchev–Trinajstić information content (AvgIpc) is 2.19. The lowest BCUT2D eigenvalue weighted by Gasteiger charge is -2.16. The molecule has 3 nitrogen and oxygen atoms in total. The molecule has 0 bridgehead atoms. The Hall–Kier alpha value is -1.37. The van der Waals surface area contributed by atoms with Gasteiger partial charge in [0.1, 0.15) is 6.07 Å². The van der Waals surface area contributed by atoms with Crippen LogP contribution in [0, 0.1) is 11.3 Å². The Labute approximate surface area is 77.1 Å². The lowest BCUT2D eigenvalue weighted by atomic mass is 9.98. The quantitative estimate of drug-likeness (QED) is 0.567. The van der Waals surface area contributed by atoms with Gasteiger partial charge in [-0.15, -0.1) is 0 Å². The zero-order valence-electron chi connectivity index (χ0n) is 7.40. The van der Waals surface area contributed by atoms with Crippen molar-refractivity contribution >= 4 is 0 Å². The molecule has 3 heteroatoms. The van der Waals surface area contributed by atoms with E-state index in [0.717, 1.165) is 5.56 Å². The van der Waals surface area contributed by atoms with Crippen LogP contribution in [0.3, 0.4) is 0 Å². The first-order valence-electron chi connectivity index (χ1n) is 3.98. The molecule has 0 aliphatic rings. The minimum Gasteiger partial charge on any atom is -0.250 e. The van der Waals surface area contributed by atoms with Crippen LogP contribution in [0.15, 0.2) is 30.3 Å². The maximum Gasteiger partial charge on any atom is 0.190 e. The van der Waals surface area contributed by atoms with Crippen molar-refractivity contribution in [3.05, 3.63) is 35.9 Å². The Bertz CT molecular complexity index is 304. The summed E-state index contributed by atoms with van der Waals surface area (Å²) in [6.07, 6.45) is 0.376. The Morgan fingerprint density at radius 1 is 1.46 bits per heavy atom. The van der Waals surface area contributed by atoms with Gasteiger partial charge >= 0.3 is 0 Å². The standard InChI is InChI=1S/C10H11NO2/c1-10(8-11,13-12)7-9-5-3-2-4-6-9/h2-6,12H,7H2,1H3. The zero-order valence-corrected chi connectivity index (χ0v) is 7.40. The first-order chi connectivity index (χ1) is 6.20. The van der Waals surface area contributed by atoms with E-state index in [4.69, 9.17) is 10.5 Å². The van der Waals surface area contributed by atoms with E-state index in [9.17, 15) is 0 Å². The Balaban J connectivity index is 2.75. The van der Waals surface area contributed by atoms with Crippen molar-refractivity contribution in [2.45, 2.75) is 18.9 Å². The molecule has 0 saturated carbocycles.